The van der Waals surface area contributed by atoms with Crippen LogP contribution in [0, 0.1) is 11.8 Å². The highest BCUT2D eigenvalue weighted by molar-refractivity contribution is 5.71. The number of aromatic nitrogens is 2. The second kappa shape index (κ2) is 4.37. The average Bonchev–Trinajstić information content (AvgIpc) is 2.81. The van der Waals surface area contributed by atoms with E-state index in [1.54, 1.807) is 0 Å². The molecule has 2 fully saturated rings. The van der Waals surface area contributed by atoms with Crippen molar-refractivity contribution in [2.24, 2.45) is 11.8 Å². The van der Waals surface area contributed by atoms with Crippen molar-refractivity contribution in [1.29, 1.82) is 0 Å². The van der Waals surface area contributed by atoms with Crippen molar-refractivity contribution in [2.75, 3.05) is 0 Å². The van der Waals surface area contributed by atoms with Gasteiger partial charge in [-0.2, -0.15) is 4.98 Å². The summed E-state index contributed by atoms with van der Waals surface area (Å²) in [6.07, 6.45) is 5.03. The van der Waals surface area contributed by atoms with Crippen molar-refractivity contribution < 1.29 is 14.4 Å². The molecule has 1 N–H and O–H groups in total. The predicted octanol–water partition coefficient (Wildman–Crippen LogP) is 2.55. The molecule has 3 unspecified atom stereocenters. The highest BCUT2D eigenvalue weighted by atomic mass is 16.5. The van der Waals surface area contributed by atoms with Gasteiger partial charge in [0.1, 0.15) is 0 Å². The quantitative estimate of drug-likeness (QED) is 0.892. The Morgan fingerprint density at radius 1 is 1.39 bits per heavy atom. The fourth-order valence-corrected chi connectivity index (χ4v) is 3.07. The van der Waals surface area contributed by atoms with E-state index in [1.165, 1.54) is 6.42 Å². The molecule has 5 heteroatoms. The van der Waals surface area contributed by atoms with Gasteiger partial charge in [-0.15, -0.1) is 0 Å². The molecular weight excluding hydrogens is 232 g/mol. The van der Waals surface area contributed by atoms with Gasteiger partial charge in [0.15, 0.2) is 5.82 Å². The number of hydrogen-bond donors (Lipinski definition) is 1. The SMILES string of the molecule is CC1CC(C(=O)O)C(c2nc(C3CCC3)no2)C1. The molecule has 0 amide bonds. The third kappa shape index (κ3) is 1.91. The first-order valence-corrected chi connectivity index (χ1v) is 6.71. The minimum atomic E-state index is -0.743. The summed E-state index contributed by atoms with van der Waals surface area (Å²) in [6.45, 7) is 2.08. The Kier molecular flexibility index (Phi) is 2.84. The molecule has 1 heterocycles. The van der Waals surface area contributed by atoms with Crippen molar-refractivity contribution >= 4 is 5.97 Å². The van der Waals surface area contributed by atoms with Crippen LogP contribution < -0.4 is 0 Å². The Hall–Kier alpha value is -1.39. The van der Waals surface area contributed by atoms with Crippen LogP contribution in [-0.4, -0.2) is 21.2 Å². The van der Waals surface area contributed by atoms with E-state index in [2.05, 4.69) is 17.1 Å². The maximum absolute atomic E-state index is 11.2. The maximum Gasteiger partial charge on any atom is 0.307 e. The van der Waals surface area contributed by atoms with Gasteiger partial charge in [-0.1, -0.05) is 18.5 Å². The third-order valence-electron chi connectivity index (χ3n) is 4.36. The van der Waals surface area contributed by atoms with E-state index in [4.69, 9.17) is 4.52 Å². The van der Waals surface area contributed by atoms with Gasteiger partial charge in [-0.05, 0) is 31.6 Å². The first-order valence-electron chi connectivity index (χ1n) is 6.71. The molecule has 98 valence electrons. The number of carboxylic acids is 1. The molecule has 2 aliphatic carbocycles. The Morgan fingerprint density at radius 2 is 2.17 bits per heavy atom. The predicted molar refractivity (Wildman–Crippen MR) is 63.2 cm³/mol. The average molecular weight is 250 g/mol. The molecule has 1 aromatic rings. The number of nitrogens with zero attached hydrogens (tertiary/aromatic N) is 2. The summed E-state index contributed by atoms with van der Waals surface area (Å²) >= 11 is 0. The lowest BCUT2D eigenvalue weighted by Gasteiger charge is -2.21. The molecule has 0 saturated heterocycles. The van der Waals surface area contributed by atoms with Gasteiger partial charge in [-0.3, -0.25) is 4.79 Å². The van der Waals surface area contributed by atoms with Gasteiger partial charge >= 0.3 is 5.97 Å². The van der Waals surface area contributed by atoms with Gasteiger partial charge in [0.25, 0.3) is 0 Å². The molecule has 2 aliphatic rings. The highest BCUT2D eigenvalue weighted by Crippen LogP contribution is 2.43. The maximum atomic E-state index is 11.2. The van der Waals surface area contributed by atoms with Crippen molar-refractivity contribution in [2.45, 2.75) is 50.9 Å². The molecule has 0 spiro atoms. The van der Waals surface area contributed by atoms with Crippen LogP contribution in [-0.2, 0) is 4.79 Å². The largest absolute Gasteiger partial charge is 0.481 e. The first kappa shape index (κ1) is 11.7. The minimum absolute atomic E-state index is 0.0983. The van der Waals surface area contributed by atoms with Crippen LogP contribution in [0.1, 0.15) is 62.6 Å². The van der Waals surface area contributed by atoms with Crippen LogP contribution in [0.15, 0.2) is 4.52 Å². The van der Waals surface area contributed by atoms with Gasteiger partial charge < -0.3 is 9.63 Å². The summed E-state index contributed by atoms with van der Waals surface area (Å²) in [5.74, 6) is 0.953. The number of carbonyl (C=O) groups is 1. The molecule has 0 bridgehead atoms. The van der Waals surface area contributed by atoms with Crippen LogP contribution in [0.3, 0.4) is 0 Å². The summed E-state index contributed by atoms with van der Waals surface area (Å²) in [4.78, 5) is 15.7. The van der Waals surface area contributed by atoms with Crippen LogP contribution in [0.25, 0.3) is 0 Å². The lowest BCUT2D eigenvalue weighted by Crippen LogP contribution is -2.17. The monoisotopic (exact) mass is 250 g/mol. The van der Waals surface area contributed by atoms with Crippen LogP contribution in [0.4, 0.5) is 0 Å². The molecule has 3 atom stereocenters. The molecule has 0 radical (unpaired) electrons. The van der Waals surface area contributed by atoms with E-state index in [0.717, 1.165) is 25.1 Å². The molecule has 18 heavy (non-hydrogen) atoms. The number of aliphatic carboxylic acids is 1. The third-order valence-corrected chi connectivity index (χ3v) is 4.36. The second-order valence-corrected chi connectivity index (χ2v) is 5.75. The Morgan fingerprint density at radius 3 is 2.78 bits per heavy atom. The zero-order valence-corrected chi connectivity index (χ0v) is 10.5. The summed E-state index contributed by atoms with van der Waals surface area (Å²) < 4.78 is 5.31. The van der Waals surface area contributed by atoms with Crippen LogP contribution in [0.5, 0.6) is 0 Å². The van der Waals surface area contributed by atoms with Gasteiger partial charge in [0.05, 0.1) is 11.8 Å². The second-order valence-electron chi connectivity index (χ2n) is 5.75. The van der Waals surface area contributed by atoms with E-state index in [0.29, 0.717) is 24.1 Å². The van der Waals surface area contributed by atoms with Gasteiger partial charge in [0, 0.05) is 5.92 Å². The van der Waals surface area contributed by atoms with E-state index < -0.39 is 5.97 Å². The van der Waals surface area contributed by atoms with Crippen molar-refractivity contribution in [3.63, 3.8) is 0 Å². The minimum Gasteiger partial charge on any atom is -0.481 e. The van der Waals surface area contributed by atoms with Crippen molar-refractivity contribution in [1.82, 2.24) is 10.1 Å². The smallest absolute Gasteiger partial charge is 0.307 e. The molecule has 5 nitrogen and oxygen atoms in total. The van der Waals surface area contributed by atoms with E-state index in [9.17, 15) is 9.90 Å². The molecule has 1 aromatic heterocycles. The number of carboxylic acid groups (broad SMARTS) is 1. The molecular formula is C13H18N2O3. The Bertz CT molecular complexity index is 453. The van der Waals surface area contributed by atoms with E-state index in [-0.39, 0.29) is 11.8 Å². The summed E-state index contributed by atoms with van der Waals surface area (Å²) in [5.41, 5.74) is 0. The lowest BCUT2D eigenvalue weighted by atomic mass is 9.85. The Balaban J connectivity index is 1.80. The van der Waals surface area contributed by atoms with E-state index in [1.807, 2.05) is 0 Å². The number of hydrogen-bond acceptors (Lipinski definition) is 4. The zero-order valence-electron chi connectivity index (χ0n) is 10.5. The lowest BCUT2D eigenvalue weighted by molar-refractivity contribution is -0.142. The molecule has 3 rings (SSSR count). The molecule has 0 aliphatic heterocycles. The molecule has 2 saturated carbocycles. The standard InChI is InChI=1S/C13H18N2O3/c1-7-5-9(10(6-7)13(16)17)12-14-11(15-18-12)8-3-2-4-8/h7-10H,2-6H2,1H3,(H,16,17). The molecule has 0 aromatic carbocycles. The van der Waals surface area contributed by atoms with Crippen molar-refractivity contribution in [3.8, 4) is 0 Å². The number of rotatable bonds is 3. The highest BCUT2D eigenvalue weighted by Gasteiger charge is 2.41. The first-order chi connectivity index (χ1) is 8.65. The van der Waals surface area contributed by atoms with Crippen molar-refractivity contribution in [3.05, 3.63) is 11.7 Å². The zero-order chi connectivity index (χ0) is 12.7. The van der Waals surface area contributed by atoms with E-state index >= 15 is 0 Å². The normalized spacial score (nSPS) is 32.4. The topological polar surface area (TPSA) is 76.2 Å². The summed E-state index contributed by atoms with van der Waals surface area (Å²) in [7, 11) is 0. The Labute approximate surface area is 106 Å². The van der Waals surface area contributed by atoms with Crippen LogP contribution in [0.2, 0.25) is 0 Å². The van der Waals surface area contributed by atoms with Gasteiger partial charge in [-0.25, -0.2) is 0 Å². The summed E-state index contributed by atoms with van der Waals surface area (Å²) in [5, 5.41) is 13.3. The summed E-state index contributed by atoms with van der Waals surface area (Å²) in [6, 6.07) is 0. The fraction of sp³-hybridized carbons (Fsp3) is 0.769. The fourth-order valence-electron chi connectivity index (χ4n) is 3.07. The van der Waals surface area contributed by atoms with Crippen LogP contribution >= 0.6 is 0 Å². The van der Waals surface area contributed by atoms with Gasteiger partial charge in [0.2, 0.25) is 5.89 Å².